The fourth-order valence-corrected chi connectivity index (χ4v) is 2.93. The van der Waals surface area contributed by atoms with Gasteiger partial charge in [0.2, 0.25) is 10.0 Å². The Balaban J connectivity index is 0.00000324. The zero-order valence-corrected chi connectivity index (χ0v) is 12.6. The number of nitrogens with two attached hydrogens (primary N) is 1. The van der Waals surface area contributed by atoms with Crippen molar-refractivity contribution in [3.63, 3.8) is 0 Å². The number of methoxy groups -OCH3 is 1. The molecule has 2 N–H and O–H groups in total. The smallest absolute Gasteiger partial charge is 0.216 e. The summed E-state index contributed by atoms with van der Waals surface area (Å²) in [7, 11) is -1.83. The SMILES string of the molecule is COCCS(=O)(=O)N(CCN)Cc1ccccc1.Cl. The summed E-state index contributed by atoms with van der Waals surface area (Å²) in [5, 5.41) is 0. The molecule has 0 fully saturated rings. The summed E-state index contributed by atoms with van der Waals surface area (Å²) in [6.45, 7) is 1.17. The molecule has 0 radical (unpaired) electrons. The molecule has 1 aromatic carbocycles. The van der Waals surface area contributed by atoms with E-state index in [1.54, 1.807) is 0 Å². The Kier molecular flexibility index (Phi) is 8.95. The zero-order valence-electron chi connectivity index (χ0n) is 11.0. The number of hydrogen-bond donors (Lipinski definition) is 1. The summed E-state index contributed by atoms with van der Waals surface area (Å²) < 4.78 is 30.4. The van der Waals surface area contributed by atoms with Crippen molar-refractivity contribution in [2.24, 2.45) is 5.73 Å². The molecule has 0 aliphatic rings. The molecule has 7 heteroatoms. The zero-order chi connectivity index (χ0) is 13.4. The third-order valence-corrected chi connectivity index (χ3v) is 4.30. The lowest BCUT2D eigenvalue weighted by atomic mass is 10.2. The van der Waals surface area contributed by atoms with Crippen LogP contribution < -0.4 is 5.73 Å². The van der Waals surface area contributed by atoms with Crippen LogP contribution in [-0.4, -0.2) is 45.3 Å². The highest BCUT2D eigenvalue weighted by molar-refractivity contribution is 7.89. The number of halogens is 1. The molecule has 1 aromatic rings. The van der Waals surface area contributed by atoms with Crippen LogP contribution in [0, 0.1) is 0 Å². The van der Waals surface area contributed by atoms with Gasteiger partial charge in [0.25, 0.3) is 0 Å². The molecular weight excluding hydrogens is 288 g/mol. The van der Waals surface area contributed by atoms with Gasteiger partial charge in [0, 0.05) is 26.7 Å². The maximum absolute atomic E-state index is 12.1. The van der Waals surface area contributed by atoms with Crippen LogP contribution in [0.3, 0.4) is 0 Å². The van der Waals surface area contributed by atoms with Crippen LogP contribution >= 0.6 is 12.4 Å². The van der Waals surface area contributed by atoms with Crippen molar-refractivity contribution in [2.75, 3.05) is 32.6 Å². The standard InChI is InChI=1S/C12H20N2O3S.ClH/c1-17-9-10-18(15,16)14(8-7-13)11-12-5-3-2-4-6-12;/h2-6H,7-11,13H2,1H3;1H. The van der Waals surface area contributed by atoms with Crippen molar-refractivity contribution in [1.29, 1.82) is 0 Å². The Labute approximate surface area is 121 Å². The highest BCUT2D eigenvalue weighted by Crippen LogP contribution is 2.09. The lowest BCUT2D eigenvalue weighted by Gasteiger charge is -2.21. The maximum Gasteiger partial charge on any atom is 0.216 e. The highest BCUT2D eigenvalue weighted by Gasteiger charge is 2.21. The molecular formula is C12H21ClN2O3S. The second kappa shape index (κ2) is 9.28. The van der Waals surface area contributed by atoms with Crippen LogP contribution in [0.4, 0.5) is 0 Å². The monoisotopic (exact) mass is 308 g/mol. The van der Waals surface area contributed by atoms with Crippen molar-refractivity contribution in [3.8, 4) is 0 Å². The average molecular weight is 309 g/mol. The van der Waals surface area contributed by atoms with Crippen molar-refractivity contribution in [1.82, 2.24) is 4.31 Å². The number of nitrogens with zero attached hydrogens (tertiary/aromatic N) is 1. The van der Waals surface area contributed by atoms with Crippen molar-refractivity contribution >= 4 is 22.4 Å². The van der Waals surface area contributed by atoms with E-state index in [0.29, 0.717) is 19.6 Å². The molecule has 0 amide bonds. The first-order chi connectivity index (χ1) is 8.60. The largest absolute Gasteiger partial charge is 0.384 e. The Bertz CT molecular complexity index is 440. The predicted molar refractivity (Wildman–Crippen MR) is 78.8 cm³/mol. The summed E-state index contributed by atoms with van der Waals surface area (Å²) in [4.78, 5) is 0. The molecule has 0 heterocycles. The van der Waals surface area contributed by atoms with Crippen LogP contribution in [0.1, 0.15) is 5.56 Å². The van der Waals surface area contributed by atoms with E-state index in [2.05, 4.69) is 0 Å². The first kappa shape index (κ1) is 18.3. The van der Waals surface area contributed by atoms with Crippen molar-refractivity contribution < 1.29 is 13.2 Å². The van der Waals surface area contributed by atoms with Gasteiger partial charge in [-0.15, -0.1) is 12.4 Å². The molecule has 0 aliphatic heterocycles. The summed E-state index contributed by atoms with van der Waals surface area (Å²) in [6, 6.07) is 9.47. The van der Waals surface area contributed by atoms with Crippen LogP contribution in [0.25, 0.3) is 0 Å². The third kappa shape index (κ3) is 6.35. The molecule has 1 rings (SSSR count). The molecule has 0 atom stereocenters. The number of hydrogen-bond acceptors (Lipinski definition) is 4. The number of ether oxygens (including phenoxy) is 1. The van der Waals surface area contributed by atoms with Gasteiger partial charge in [0.05, 0.1) is 12.4 Å². The molecule has 0 saturated carbocycles. The Morgan fingerprint density at radius 2 is 1.89 bits per heavy atom. The van der Waals surface area contributed by atoms with Gasteiger partial charge in [-0.05, 0) is 5.56 Å². The number of rotatable bonds is 8. The molecule has 0 unspecified atom stereocenters. The van der Waals surface area contributed by atoms with Gasteiger partial charge in [-0.25, -0.2) is 8.42 Å². The van der Waals surface area contributed by atoms with Gasteiger partial charge in [-0.1, -0.05) is 30.3 Å². The Morgan fingerprint density at radius 1 is 1.26 bits per heavy atom. The van der Waals surface area contributed by atoms with E-state index >= 15 is 0 Å². The second-order valence-electron chi connectivity index (χ2n) is 3.92. The Hall–Kier alpha value is -0.660. The molecule has 0 aromatic heterocycles. The fraction of sp³-hybridized carbons (Fsp3) is 0.500. The third-order valence-electron chi connectivity index (χ3n) is 2.52. The maximum atomic E-state index is 12.1. The number of sulfonamides is 1. The van der Waals surface area contributed by atoms with E-state index in [0.717, 1.165) is 5.56 Å². The molecule has 19 heavy (non-hydrogen) atoms. The predicted octanol–water partition coefficient (Wildman–Crippen LogP) is 0.845. The first-order valence-electron chi connectivity index (χ1n) is 5.81. The van der Waals surface area contributed by atoms with Crippen molar-refractivity contribution in [3.05, 3.63) is 35.9 Å². The van der Waals surface area contributed by atoms with Gasteiger partial charge in [0.1, 0.15) is 0 Å². The van der Waals surface area contributed by atoms with Gasteiger partial charge >= 0.3 is 0 Å². The van der Waals surface area contributed by atoms with E-state index in [-0.39, 0.29) is 24.8 Å². The summed E-state index contributed by atoms with van der Waals surface area (Å²) in [5.74, 6) is -0.0175. The second-order valence-corrected chi connectivity index (χ2v) is 6.01. The fourth-order valence-electron chi connectivity index (χ4n) is 1.57. The molecule has 5 nitrogen and oxygen atoms in total. The number of benzene rings is 1. The van der Waals surface area contributed by atoms with E-state index in [9.17, 15) is 8.42 Å². The Morgan fingerprint density at radius 3 is 2.42 bits per heavy atom. The van der Waals surface area contributed by atoms with Crippen LogP contribution in [0.2, 0.25) is 0 Å². The molecule has 110 valence electrons. The summed E-state index contributed by atoms with van der Waals surface area (Å²) >= 11 is 0. The van der Waals surface area contributed by atoms with Crippen molar-refractivity contribution in [2.45, 2.75) is 6.54 Å². The minimum atomic E-state index is -3.32. The van der Waals surface area contributed by atoms with Gasteiger partial charge in [-0.3, -0.25) is 0 Å². The molecule has 0 bridgehead atoms. The topological polar surface area (TPSA) is 72.6 Å². The average Bonchev–Trinajstić information content (AvgIpc) is 2.37. The van der Waals surface area contributed by atoms with Gasteiger partial charge in [0.15, 0.2) is 0 Å². The van der Waals surface area contributed by atoms with Crippen LogP contribution in [-0.2, 0) is 21.3 Å². The van der Waals surface area contributed by atoms with Gasteiger partial charge < -0.3 is 10.5 Å². The van der Waals surface area contributed by atoms with Crippen LogP contribution in [0.5, 0.6) is 0 Å². The van der Waals surface area contributed by atoms with E-state index < -0.39 is 10.0 Å². The normalized spacial score (nSPS) is 11.3. The van der Waals surface area contributed by atoms with E-state index in [1.807, 2.05) is 30.3 Å². The first-order valence-corrected chi connectivity index (χ1v) is 7.42. The lowest BCUT2D eigenvalue weighted by molar-refractivity contribution is 0.215. The molecule has 0 saturated heterocycles. The molecule has 0 spiro atoms. The van der Waals surface area contributed by atoms with E-state index in [1.165, 1.54) is 11.4 Å². The quantitative estimate of drug-likeness (QED) is 0.772. The van der Waals surface area contributed by atoms with Crippen LogP contribution in [0.15, 0.2) is 30.3 Å². The van der Waals surface area contributed by atoms with E-state index in [4.69, 9.17) is 10.5 Å². The minimum absolute atomic E-state index is 0. The highest BCUT2D eigenvalue weighted by atomic mass is 35.5. The summed E-state index contributed by atoms with van der Waals surface area (Å²) in [5.41, 5.74) is 6.42. The molecule has 0 aliphatic carbocycles. The lowest BCUT2D eigenvalue weighted by Crippen LogP contribution is -2.37. The minimum Gasteiger partial charge on any atom is -0.384 e. The van der Waals surface area contributed by atoms with Gasteiger partial charge in [-0.2, -0.15) is 4.31 Å². The summed E-state index contributed by atoms with van der Waals surface area (Å²) in [6.07, 6.45) is 0.